The number of carbonyl (C=O) groups is 1. The van der Waals surface area contributed by atoms with E-state index in [1.54, 1.807) is 13.2 Å². The van der Waals surface area contributed by atoms with Gasteiger partial charge in [-0.15, -0.1) is 5.10 Å². The highest BCUT2D eigenvalue weighted by Gasteiger charge is 2.16. The summed E-state index contributed by atoms with van der Waals surface area (Å²) in [6.07, 6.45) is 1.61. The van der Waals surface area contributed by atoms with Crippen LogP contribution in [0.2, 0.25) is 0 Å². The van der Waals surface area contributed by atoms with Gasteiger partial charge in [0.2, 0.25) is 0 Å². The lowest BCUT2D eigenvalue weighted by molar-refractivity contribution is 0.0462. The predicted molar refractivity (Wildman–Crippen MR) is 65.7 cm³/mol. The number of anilines is 1. The van der Waals surface area contributed by atoms with E-state index in [1.807, 2.05) is 0 Å². The molecule has 19 heavy (non-hydrogen) atoms. The first kappa shape index (κ1) is 13.0. The lowest BCUT2D eigenvalue weighted by atomic mass is 10.1. The van der Waals surface area contributed by atoms with E-state index in [1.165, 1.54) is 23.7 Å². The van der Waals surface area contributed by atoms with Crippen LogP contribution in [0.1, 0.15) is 21.6 Å². The summed E-state index contributed by atoms with van der Waals surface area (Å²) >= 11 is 0. The molecular weight excluding hydrogens is 251 g/mol. The monoisotopic (exact) mass is 264 g/mol. The highest BCUT2D eigenvalue weighted by Crippen LogP contribution is 2.18. The molecule has 0 unspecified atom stereocenters. The van der Waals surface area contributed by atoms with E-state index in [2.05, 4.69) is 10.3 Å². The minimum Gasteiger partial charge on any atom is -0.455 e. The first-order chi connectivity index (χ1) is 8.97. The lowest BCUT2D eigenvalue weighted by Crippen LogP contribution is -2.09. The quantitative estimate of drug-likeness (QED) is 0.665. The SMILES string of the molecule is Cc1cc(N)cc(C(=O)OCc2cn(C)nn2)c1F. The fourth-order valence-corrected chi connectivity index (χ4v) is 1.62. The Morgan fingerprint density at radius 3 is 2.89 bits per heavy atom. The number of rotatable bonds is 3. The van der Waals surface area contributed by atoms with Crippen LogP contribution in [-0.4, -0.2) is 21.0 Å². The van der Waals surface area contributed by atoms with Crippen molar-refractivity contribution in [1.82, 2.24) is 15.0 Å². The average molecular weight is 264 g/mol. The fraction of sp³-hybridized carbons (Fsp3) is 0.250. The number of esters is 1. The molecule has 0 fully saturated rings. The van der Waals surface area contributed by atoms with E-state index in [9.17, 15) is 9.18 Å². The van der Waals surface area contributed by atoms with Crippen molar-refractivity contribution < 1.29 is 13.9 Å². The maximum absolute atomic E-state index is 13.8. The molecule has 0 aliphatic rings. The maximum atomic E-state index is 13.8. The molecule has 0 aliphatic carbocycles. The van der Waals surface area contributed by atoms with E-state index in [4.69, 9.17) is 10.5 Å². The molecule has 2 N–H and O–H groups in total. The molecule has 7 heteroatoms. The zero-order valence-corrected chi connectivity index (χ0v) is 10.6. The van der Waals surface area contributed by atoms with Crippen LogP contribution in [0.3, 0.4) is 0 Å². The van der Waals surface area contributed by atoms with Crippen molar-refractivity contribution >= 4 is 11.7 Å². The standard InChI is InChI=1S/C12H13FN4O2/c1-7-3-8(14)4-10(11(7)13)12(18)19-6-9-5-17(2)16-15-9/h3-5H,6,14H2,1-2H3. The second-order valence-corrected chi connectivity index (χ2v) is 4.16. The lowest BCUT2D eigenvalue weighted by Gasteiger charge is -2.07. The second-order valence-electron chi connectivity index (χ2n) is 4.16. The molecular formula is C12H13FN4O2. The van der Waals surface area contributed by atoms with Crippen molar-refractivity contribution in [2.45, 2.75) is 13.5 Å². The number of halogens is 1. The zero-order valence-electron chi connectivity index (χ0n) is 10.6. The third kappa shape index (κ3) is 2.87. The van der Waals surface area contributed by atoms with Crippen molar-refractivity contribution in [3.05, 3.63) is 41.0 Å². The molecule has 2 rings (SSSR count). The zero-order chi connectivity index (χ0) is 14.0. The number of nitrogens with two attached hydrogens (primary N) is 1. The highest BCUT2D eigenvalue weighted by atomic mass is 19.1. The number of hydrogen-bond donors (Lipinski definition) is 1. The topological polar surface area (TPSA) is 83.0 Å². The number of hydrogen-bond acceptors (Lipinski definition) is 5. The summed E-state index contributed by atoms with van der Waals surface area (Å²) in [5, 5.41) is 7.45. The van der Waals surface area contributed by atoms with E-state index in [0.717, 1.165) is 0 Å². The number of benzene rings is 1. The molecule has 0 radical (unpaired) electrons. The second kappa shape index (κ2) is 5.05. The van der Waals surface area contributed by atoms with Gasteiger partial charge in [0.1, 0.15) is 18.1 Å². The number of ether oxygens (including phenoxy) is 1. The average Bonchev–Trinajstić information content (AvgIpc) is 2.76. The number of carbonyl (C=O) groups excluding carboxylic acids is 1. The summed E-state index contributed by atoms with van der Waals surface area (Å²) in [7, 11) is 1.69. The molecule has 6 nitrogen and oxygen atoms in total. The fourth-order valence-electron chi connectivity index (χ4n) is 1.62. The van der Waals surface area contributed by atoms with Crippen LogP contribution in [0.5, 0.6) is 0 Å². The first-order valence-corrected chi connectivity index (χ1v) is 5.55. The summed E-state index contributed by atoms with van der Waals surface area (Å²) in [6.45, 7) is 1.46. The van der Waals surface area contributed by atoms with Crippen molar-refractivity contribution in [2.75, 3.05) is 5.73 Å². The van der Waals surface area contributed by atoms with Gasteiger partial charge < -0.3 is 10.5 Å². The molecule has 0 atom stereocenters. The molecule has 100 valence electrons. The summed E-state index contributed by atoms with van der Waals surface area (Å²) in [5.41, 5.74) is 6.49. The van der Waals surface area contributed by atoms with Crippen molar-refractivity contribution in [3.8, 4) is 0 Å². The first-order valence-electron chi connectivity index (χ1n) is 5.55. The van der Waals surface area contributed by atoms with E-state index in [0.29, 0.717) is 16.9 Å². The van der Waals surface area contributed by atoms with E-state index in [-0.39, 0.29) is 12.2 Å². The molecule has 0 saturated heterocycles. The Hall–Kier alpha value is -2.44. The van der Waals surface area contributed by atoms with Gasteiger partial charge in [0.05, 0.1) is 11.8 Å². The number of aromatic nitrogens is 3. The molecule has 0 saturated carbocycles. The van der Waals surface area contributed by atoms with Crippen molar-refractivity contribution in [2.24, 2.45) is 7.05 Å². The Balaban J connectivity index is 2.12. The Kier molecular flexibility index (Phi) is 3.46. The molecule has 2 aromatic rings. The van der Waals surface area contributed by atoms with Crippen LogP contribution in [0.15, 0.2) is 18.3 Å². The van der Waals surface area contributed by atoms with Crippen LogP contribution >= 0.6 is 0 Å². The normalized spacial score (nSPS) is 10.5. The van der Waals surface area contributed by atoms with Gasteiger partial charge in [-0.25, -0.2) is 9.18 Å². The smallest absolute Gasteiger partial charge is 0.341 e. The summed E-state index contributed by atoms with van der Waals surface area (Å²) < 4.78 is 20.2. The van der Waals surface area contributed by atoms with Gasteiger partial charge in [-0.05, 0) is 24.6 Å². The van der Waals surface area contributed by atoms with Gasteiger partial charge >= 0.3 is 5.97 Å². The maximum Gasteiger partial charge on any atom is 0.341 e. The summed E-state index contributed by atoms with van der Waals surface area (Å²) in [6, 6.07) is 2.70. The van der Waals surface area contributed by atoms with Gasteiger partial charge in [0.25, 0.3) is 0 Å². The Labute approximate surface area is 109 Å². The van der Waals surface area contributed by atoms with Crippen LogP contribution in [0.25, 0.3) is 0 Å². The van der Waals surface area contributed by atoms with Crippen LogP contribution in [0, 0.1) is 12.7 Å². The Bertz CT molecular complexity index is 624. The van der Waals surface area contributed by atoms with Gasteiger partial charge in [-0.3, -0.25) is 4.68 Å². The van der Waals surface area contributed by atoms with Crippen LogP contribution < -0.4 is 5.73 Å². The minimum atomic E-state index is -0.779. The predicted octanol–water partition coefficient (Wildman–Crippen LogP) is 1.20. The van der Waals surface area contributed by atoms with Gasteiger partial charge in [0, 0.05) is 12.7 Å². The number of nitrogens with zero attached hydrogens (tertiary/aromatic N) is 3. The van der Waals surface area contributed by atoms with Gasteiger partial charge in [-0.2, -0.15) is 0 Å². The largest absolute Gasteiger partial charge is 0.455 e. The van der Waals surface area contributed by atoms with Crippen molar-refractivity contribution in [1.29, 1.82) is 0 Å². The Morgan fingerprint density at radius 2 is 2.26 bits per heavy atom. The third-order valence-corrected chi connectivity index (χ3v) is 2.50. The number of aryl methyl sites for hydroxylation is 2. The summed E-state index contributed by atoms with van der Waals surface area (Å²) in [5.74, 6) is -1.41. The van der Waals surface area contributed by atoms with Gasteiger partial charge in [0.15, 0.2) is 0 Å². The van der Waals surface area contributed by atoms with Crippen LogP contribution in [-0.2, 0) is 18.4 Å². The highest BCUT2D eigenvalue weighted by molar-refractivity contribution is 5.91. The number of nitrogen functional groups attached to an aromatic ring is 1. The molecule has 0 amide bonds. The van der Waals surface area contributed by atoms with Crippen molar-refractivity contribution in [3.63, 3.8) is 0 Å². The van der Waals surface area contributed by atoms with Crippen LogP contribution in [0.4, 0.5) is 10.1 Å². The third-order valence-electron chi connectivity index (χ3n) is 2.50. The van der Waals surface area contributed by atoms with E-state index >= 15 is 0 Å². The van der Waals surface area contributed by atoms with Gasteiger partial charge in [-0.1, -0.05) is 5.21 Å². The van der Waals surface area contributed by atoms with E-state index < -0.39 is 11.8 Å². The molecule has 0 spiro atoms. The molecule has 0 bridgehead atoms. The molecule has 1 heterocycles. The summed E-state index contributed by atoms with van der Waals surface area (Å²) in [4.78, 5) is 11.8. The Morgan fingerprint density at radius 1 is 1.53 bits per heavy atom. The molecule has 1 aromatic carbocycles. The molecule has 0 aliphatic heterocycles. The minimum absolute atomic E-state index is 0.0695. The molecule has 1 aromatic heterocycles.